The Hall–Kier alpha value is -1.20. The molecule has 30 heavy (non-hydrogen) atoms. The molecule has 2 fully saturated rings. The Morgan fingerprint density at radius 3 is 2.30 bits per heavy atom. The van der Waals surface area contributed by atoms with Crippen LogP contribution in [0.25, 0.3) is 0 Å². The van der Waals surface area contributed by atoms with Gasteiger partial charge in [0.15, 0.2) is 8.32 Å². The number of carbonyl (C=O) groups is 2. The van der Waals surface area contributed by atoms with E-state index in [0.29, 0.717) is 5.92 Å². The fourth-order valence-electron chi connectivity index (χ4n) is 7.49. The molecule has 0 aromatic rings. The minimum absolute atomic E-state index is 0.0130. The number of ether oxygens (including phenoxy) is 1. The standard InChI is InChI=1S/C25H40O4Si/c1-11-24(5)13-16(4)18-17(20(24)23(27)28-7)21(26)19-14(2)12-15(3)22(25(18,19)6)29-30(8,9)10/h11,13-15,17-20,22H,1,12H2,2-10H3/t14-,15+,17-,18+,19-,20-,22-,24-,25-/m0/s1. The fourth-order valence-corrected chi connectivity index (χ4v) is 8.74. The van der Waals surface area contributed by atoms with Gasteiger partial charge in [0.25, 0.3) is 0 Å². The van der Waals surface area contributed by atoms with Crippen molar-refractivity contribution in [3.8, 4) is 0 Å². The normalized spacial score (nSPS) is 46.0. The highest BCUT2D eigenvalue weighted by atomic mass is 28.4. The van der Waals surface area contributed by atoms with E-state index >= 15 is 0 Å². The van der Waals surface area contributed by atoms with E-state index in [-0.39, 0.29) is 46.9 Å². The maximum Gasteiger partial charge on any atom is 0.310 e. The predicted molar refractivity (Wildman–Crippen MR) is 122 cm³/mol. The third kappa shape index (κ3) is 3.27. The van der Waals surface area contributed by atoms with Gasteiger partial charge in [0.05, 0.1) is 19.1 Å². The van der Waals surface area contributed by atoms with Crippen molar-refractivity contribution in [1.82, 2.24) is 0 Å². The minimum Gasteiger partial charge on any atom is -0.469 e. The molecular weight excluding hydrogens is 392 g/mol. The quantitative estimate of drug-likeness (QED) is 0.345. The fraction of sp³-hybridized carbons (Fsp3) is 0.760. The second-order valence-corrected chi connectivity index (χ2v) is 16.0. The number of methoxy groups -OCH3 is 1. The average Bonchev–Trinajstić information content (AvgIpc) is 2.86. The molecule has 0 aromatic heterocycles. The first-order valence-corrected chi connectivity index (χ1v) is 14.8. The Morgan fingerprint density at radius 2 is 1.80 bits per heavy atom. The van der Waals surface area contributed by atoms with Gasteiger partial charge < -0.3 is 9.16 Å². The molecular formula is C25H40O4Si. The second-order valence-electron chi connectivity index (χ2n) is 11.5. The van der Waals surface area contributed by atoms with Crippen LogP contribution in [0.4, 0.5) is 0 Å². The van der Waals surface area contributed by atoms with E-state index in [0.717, 1.165) is 6.42 Å². The van der Waals surface area contributed by atoms with Crippen LogP contribution in [0.1, 0.15) is 41.0 Å². The molecule has 0 spiro atoms. The summed E-state index contributed by atoms with van der Waals surface area (Å²) in [5.74, 6) is -0.495. The molecule has 168 valence electrons. The van der Waals surface area contributed by atoms with Crippen LogP contribution >= 0.6 is 0 Å². The molecule has 0 radical (unpaired) electrons. The number of allylic oxidation sites excluding steroid dienone is 3. The number of hydrogen-bond acceptors (Lipinski definition) is 4. The highest BCUT2D eigenvalue weighted by Crippen LogP contribution is 2.66. The summed E-state index contributed by atoms with van der Waals surface area (Å²) in [4.78, 5) is 27.1. The van der Waals surface area contributed by atoms with E-state index in [9.17, 15) is 9.59 Å². The number of rotatable bonds is 4. The van der Waals surface area contributed by atoms with Gasteiger partial charge in [-0.25, -0.2) is 0 Å². The molecule has 0 heterocycles. The van der Waals surface area contributed by atoms with Gasteiger partial charge >= 0.3 is 5.97 Å². The average molecular weight is 433 g/mol. The van der Waals surface area contributed by atoms with Gasteiger partial charge in [-0.1, -0.05) is 45.4 Å². The van der Waals surface area contributed by atoms with E-state index < -0.39 is 19.7 Å². The van der Waals surface area contributed by atoms with Crippen LogP contribution in [0.5, 0.6) is 0 Å². The molecule has 0 N–H and O–H groups in total. The van der Waals surface area contributed by atoms with Crippen LogP contribution in [-0.4, -0.2) is 33.3 Å². The molecule has 0 amide bonds. The summed E-state index contributed by atoms with van der Waals surface area (Å²) in [6.07, 6.45) is 4.97. The second kappa shape index (κ2) is 7.44. The zero-order valence-corrected chi connectivity index (χ0v) is 21.2. The largest absolute Gasteiger partial charge is 0.469 e. The van der Waals surface area contributed by atoms with Crippen molar-refractivity contribution >= 4 is 20.1 Å². The zero-order chi connectivity index (χ0) is 22.8. The highest BCUT2D eigenvalue weighted by Gasteiger charge is 2.70. The Labute approximate surface area is 183 Å². The van der Waals surface area contributed by atoms with E-state index in [1.807, 2.05) is 13.0 Å². The minimum atomic E-state index is -1.84. The molecule has 0 bridgehead atoms. The topological polar surface area (TPSA) is 52.6 Å². The van der Waals surface area contributed by atoms with Crippen LogP contribution in [0.3, 0.4) is 0 Å². The van der Waals surface area contributed by atoms with Crippen LogP contribution in [-0.2, 0) is 18.8 Å². The number of esters is 1. The summed E-state index contributed by atoms with van der Waals surface area (Å²) in [7, 11) is -0.417. The molecule has 2 saturated carbocycles. The summed E-state index contributed by atoms with van der Waals surface area (Å²) >= 11 is 0. The van der Waals surface area contributed by atoms with Crippen molar-refractivity contribution in [3.63, 3.8) is 0 Å². The molecule has 9 atom stereocenters. The summed E-state index contributed by atoms with van der Waals surface area (Å²) < 4.78 is 12.1. The van der Waals surface area contributed by atoms with Crippen LogP contribution in [0, 0.1) is 46.3 Å². The summed E-state index contributed by atoms with van der Waals surface area (Å²) in [5, 5.41) is 0. The first-order valence-electron chi connectivity index (χ1n) is 11.3. The van der Waals surface area contributed by atoms with E-state index in [2.05, 4.69) is 60.0 Å². The van der Waals surface area contributed by atoms with E-state index in [1.54, 1.807) is 0 Å². The van der Waals surface area contributed by atoms with Crippen LogP contribution < -0.4 is 0 Å². The van der Waals surface area contributed by atoms with Crippen molar-refractivity contribution in [3.05, 3.63) is 24.3 Å². The van der Waals surface area contributed by atoms with Gasteiger partial charge in [0.1, 0.15) is 5.78 Å². The van der Waals surface area contributed by atoms with Gasteiger partial charge in [-0.05, 0) is 50.7 Å². The lowest BCUT2D eigenvalue weighted by Crippen LogP contribution is -2.56. The lowest BCUT2D eigenvalue weighted by molar-refractivity contribution is -0.154. The maximum absolute atomic E-state index is 14.1. The Bertz CT molecular complexity index is 781. The van der Waals surface area contributed by atoms with Gasteiger partial charge in [0.2, 0.25) is 0 Å². The number of Topliss-reactive ketones (excluding diaryl/α,β-unsaturated/α-hetero) is 1. The molecule has 3 aliphatic carbocycles. The smallest absolute Gasteiger partial charge is 0.310 e. The third-order valence-electron chi connectivity index (χ3n) is 8.21. The Kier molecular flexibility index (Phi) is 5.82. The van der Waals surface area contributed by atoms with Gasteiger partial charge in [-0.2, -0.15) is 0 Å². The lowest BCUT2D eigenvalue weighted by Gasteiger charge is -2.55. The molecule has 3 rings (SSSR count). The molecule has 0 aliphatic heterocycles. The predicted octanol–water partition coefficient (Wildman–Crippen LogP) is 5.26. The molecule has 0 saturated heterocycles. The third-order valence-corrected chi connectivity index (χ3v) is 9.17. The zero-order valence-electron chi connectivity index (χ0n) is 20.2. The van der Waals surface area contributed by atoms with Crippen molar-refractivity contribution < 1.29 is 18.8 Å². The number of carbonyl (C=O) groups excluding carboxylic acids is 2. The van der Waals surface area contributed by atoms with Crippen LogP contribution in [0.15, 0.2) is 24.3 Å². The number of fused-ring (bicyclic) bond motifs is 3. The lowest BCUT2D eigenvalue weighted by atomic mass is 9.53. The summed E-state index contributed by atoms with van der Waals surface area (Å²) in [6.45, 7) is 21.6. The molecule has 5 heteroatoms. The maximum atomic E-state index is 14.1. The first kappa shape index (κ1) is 23.5. The Morgan fingerprint density at radius 1 is 1.20 bits per heavy atom. The molecule has 0 unspecified atom stereocenters. The van der Waals surface area contributed by atoms with Crippen molar-refractivity contribution in [2.75, 3.05) is 7.11 Å². The summed E-state index contributed by atoms with van der Waals surface area (Å²) in [6, 6.07) is 0. The van der Waals surface area contributed by atoms with Crippen molar-refractivity contribution in [2.45, 2.75) is 66.8 Å². The molecule has 0 aromatic carbocycles. The SMILES string of the molecule is C=C[C@@]1(C)C=C(C)[C@@H]2[C@H](C(=O)[C@@H]3[C@@H](C)C[C@@H](C)[C@H](O[Si](C)(C)C)[C@@]23C)[C@H]1C(=O)OC. The van der Waals surface area contributed by atoms with Gasteiger partial charge in [-0.15, -0.1) is 6.58 Å². The van der Waals surface area contributed by atoms with Crippen LogP contribution in [0.2, 0.25) is 19.6 Å². The van der Waals surface area contributed by atoms with Crippen molar-refractivity contribution in [2.24, 2.45) is 46.3 Å². The van der Waals surface area contributed by atoms with Gasteiger partial charge in [0, 0.05) is 22.7 Å². The summed E-state index contributed by atoms with van der Waals surface area (Å²) in [5.41, 5.74) is 0.266. The first-order chi connectivity index (χ1) is 13.7. The molecule has 3 aliphatic rings. The van der Waals surface area contributed by atoms with Crippen molar-refractivity contribution in [1.29, 1.82) is 0 Å². The number of hydrogen-bond donors (Lipinski definition) is 0. The molecule has 4 nitrogen and oxygen atoms in total. The van der Waals surface area contributed by atoms with Gasteiger partial charge in [-0.3, -0.25) is 9.59 Å². The Balaban J connectivity index is 2.24. The van der Waals surface area contributed by atoms with E-state index in [1.165, 1.54) is 12.7 Å². The van der Waals surface area contributed by atoms with E-state index in [4.69, 9.17) is 9.16 Å². The monoisotopic (exact) mass is 432 g/mol. The highest BCUT2D eigenvalue weighted by molar-refractivity contribution is 6.69. The number of ketones is 1.